The normalized spacial score (nSPS) is 22.6. The van der Waals surface area contributed by atoms with Crippen LogP contribution in [0.15, 0.2) is 53.4 Å². The topological polar surface area (TPSA) is 66.5 Å². The molecule has 1 amide bonds. The van der Waals surface area contributed by atoms with E-state index in [9.17, 15) is 13.2 Å². The molecular formula is C25H32N2O3S. The van der Waals surface area contributed by atoms with Gasteiger partial charge in [-0.2, -0.15) is 0 Å². The number of carbonyl (C=O) groups is 1. The van der Waals surface area contributed by atoms with E-state index in [0.29, 0.717) is 23.4 Å². The Morgan fingerprint density at radius 3 is 2.26 bits per heavy atom. The number of carbonyl (C=O) groups excluding carboxylic acids is 1. The molecule has 2 aliphatic rings. The average molecular weight is 441 g/mol. The Morgan fingerprint density at radius 2 is 1.71 bits per heavy atom. The second-order valence-electron chi connectivity index (χ2n) is 9.42. The highest BCUT2D eigenvalue weighted by atomic mass is 32.2. The Bertz CT molecular complexity index is 1030. The maximum atomic E-state index is 13.5. The van der Waals surface area contributed by atoms with Crippen LogP contribution in [0.1, 0.15) is 56.6 Å². The van der Waals surface area contributed by atoms with E-state index in [1.807, 2.05) is 19.1 Å². The number of rotatable bonds is 7. The van der Waals surface area contributed by atoms with Crippen LogP contribution >= 0.6 is 0 Å². The molecule has 5 nitrogen and oxygen atoms in total. The van der Waals surface area contributed by atoms with Crippen LogP contribution in [0.5, 0.6) is 0 Å². The first-order valence-electron chi connectivity index (χ1n) is 11.2. The van der Waals surface area contributed by atoms with Crippen molar-refractivity contribution >= 4 is 21.6 Å². The Kier molecular flexibility index (Phi) is 6.11. The summed E-state index contributed by atoms with van der Waals surface area (Å²) in [5, 5.41) is 3.13. The number of aryl methyl sites for hydroxylation is 1. The van der Waals surface area contributed by atoms with Gasteiger partial charge in [-0.3, -0.25) is 9.10 Å². The van der Waals surface area contributed by atoms with E-state index in [4.69, 9.17) is 0 Å². The zero-order valence-corrected chi connectivity index (χ0v) is 19.4. The molecule has 0 spiro atoms. The highest BCUT2D eigenvalue weighted by Gasteiger charge is 2.40. The first kappa shape index (κ1) is 21.9. The number of benzene rings is 2. The van der Waals surface area contributed by atoms with Crippen molar-refractivity contribution in [3.05, 3.63) is 59.7 Å². The fourth-order valence-corrected chi connectivity index (χ4v) is 6.40. The largest absolute Gasteiger partial charge is 0.352 e. The zero-order chi connectivity index (χ0) is 22.2. The lowest BCUT2D eigenvalue weighted by Gasteiger charge is -2.27. The highest BCUT2D eigenvalue weighted by molar-refractivity contribution is 7.92. The van der Waals surface area contributed by atoms with E-state index in [1.54, 1.807) is 36.4 Å². The SMILES string of the molecule is Cc1ccc(S(=O)(=O)N(CC(=O)N[C@H]2C[C@@H]3CC[C@@H]2C3)c2ccc(C(C)C)cc2)cc1. The number of hydrogen-bond acceptors (Lipinski definition) is 3. The Balaban J connectivity index is 1.60. The van der Waals surface area contributed by atoms with Crippen LogP contribution in [0.3, 0.4) is 0 Å². The number of nitrogens with one attached hydrogen (secondary N) is 1. The van der Waals surface area contributed by atoms with E-state index < -0.39 is 10.0 Å². The molecule has 0 unspecified atom stereocenters. The fraction of sp³-hybridized carbons (Fsp3) is 0.480. The molecule has 6 heteroatoms. The number of fused-ring (bicyclic) bond motifs is 2. The van der Waals surface area contributed by atoms with E-state index >= 15 is 0 Å². The van der Waals surface area contributed by atoms with Crippen molar-refractivity contribution in [1.82, 2.24) is 5.32 Å². The van der Waals surface area contributed by atoms with Gasteiger partial charge in [0.05, 0.1) is 10.6 Å². The Morgan fingerprint density at radius 1 is 1.03 bits per heavy atom. The lowest BCUT2D eigenvalue weighted by Crippen LogP contribution is -2.46. The molecule has 2 aromatic carbocycles. The summed E-state index contributed by atoms with van der Waals surface area (Å²) in [6.45, 7) is 5.89. The molecule has 31 heavy (non-hydrogen) atoms. The van der Waals surface area contributed by atoms with E-state index in [0.717, 1.165) is 24.0 Å². The molecule has 166 valence electrons. The Labute approximate surface area is 185 Å². The van der Waals surface area contributed by atoms with Gasteiger partial charge in [-0.1, -0.05) is 50.1 Å². The second kappa shape index (κ2) is 8.65. The fourth-order valence-electron chi connectivity index (χ4n) is 4.98. The van der Waals surface area contributed by atoms with Gasteiger partial charge in [0, 0.05) is 6.04 Å². The van der Waals surface area contributed by atoms with Gasteiger partial charge in [-0.15, -0.1) is 0 Å². The lowest BCUT2D eigenvalue weighted by molar-refractivity contribution is -0.120. The maximum absolute atomic E-state index is 13.5. The van der Waals surface area contributed by atoms with Gasteiger partial charge < -0.3 is 5.32 Å². The van der Waals surface area contributed by atoms with Gasteiger partial charge in [0.2, 0.25) is 5.91 Å². The van der Waals surface area contributed by atoms with E-state index in [1.165, 1.54) is 17.1 Å². The third-order valence-electron chi connectivity index (χ3n) is 6.83. The van der Waals surface area contributed by atoms with Crippen LogP contribution in [0.4, 0.5) is 5.69 Å². The minimum absolute atomic E-state index is 0.179. The summed E-state index contributed by atoms with van der Waals surface area (Å²) in [4.78, 5) is 13.1. The summed E-state index contributed by atoms with van der Waals surface area (Å²) < 4.78 is 28.3. The van der Waals surface area contributed by atoms with Crippen LogP contribution < -0.4 is 9.62 Å². The second-order valence-corrected chi connectivity index (χ2v) is 11.3. The molecule has 4 rings (SSSR count). The standard InChI is InChI=1S/C25H32N2O3S/c1-17(2)20-8-10-22(11-9-20)27(31(29,30)23-12-4-18(3)5-13-23)16-25(28)26-24-15-19-6-7-21(24)14-19/h4-5,8-13,17,19,21,24H,6-7,14-16H2,1-3H3,(H,26,28)/t19-,21-,24+/m1/s1. The van der Waals surface area contributed by atoms with Gasteiger partial charge in [0.1, 0.15) is 6.54 Å². The molecule has 3 atom stereocenters. The van der Waals surface area contributed by atoms with Crippen molar-refractivity contribution in [1.29, 1.82) is 0 Å². The number of hydrogen-bond donors (Lipinski definition) is 1. The smallest absolute Gasteiger partial charge is 0.264 e. The number of amides is 1. The van der Waals surface area contributed by atoms with E-state index in [2.05, 4.69) is 19.2 Å². The molecule has 0 radical (unpaired) electrons. The molecule has 2 aliphatic carbocycles. The van der Waals surface area contributed by atoms with Gasteiger partial charge in [0.15, 0.2) is 0 Å². The summed E-state index contributed by atoms with van der Waals surface area (Å²) in [5.74, 6) is 1.37. The quantitative estimate of drug-likeness (QED) is 0.683. The van der Waals surface area contributed by atoms with Crippen molar-refractivity contribution in [2.45, 2.75) is 63.3 Å². The van der Waals surface area contributed by atoms with Crippen LogP contribution in [0, 0.1) is 18.8 Å². The van der Waals surface area contributed by atoms with Crippen molar-refractivity contribution in [2.75, 3.05) is 10.8 Å². The maximum Gasteiger partial charge on any atom is 0.264 e. The molecule has 1 N–H and O–H groups in total. The number of sulfonamides is 1. The average Bonchev–Trinajstić information content (AvgIpc) is 3.35. The molecule has 2 aromatic rings. The van der Waals surface area contributed by atoms with Crippen molar-refractivity contribution < 1.29 is 13.2 Å². The zero-order valence-electron chi connectivity index (χ0n) is 18.5. The monoisotopic (exact) mass is 440 g/mol. The third-order valence-corrected chi connectivity index (χ3v) is 8.62. The highest BCUT2D eigenvalue weighted by Crippen LogP contribution is 2.44. The van der Waals surface area contributed by atoms with Crippen LogP contribution in [0.25, 0.3) is 0 Å². The molecule has 2 fully saturated rings. The predicted octanol–water partition coefficient (Wildman–Crippen LogP) is 4.62. The first-order chi connectivity index (χ1) is 14.7. The summed E-state index contributed by atoms with van der Waals surface area (Å²) in [5.41, 5.74) is 2.62. The molecule has 2 bridgehead atoms. The molecule has 0 saturated heterocycles. The molecule has 0 aliphatic heterocycles. The first-order valence-corrected chi connectivity index (χ1v) is 12.7. The summed E-state index contributed by atoms with van der Waals surface area (Å²) in [7, 11) is -3.87. The van der Waals surface area contributed by atoms with Crippen molar-refractivity contribution in [3.63, 3.8) is 0 Å². The number of anilines is 1. The number of nitrogens with zero attached hydrogens (tertiary/aromatic N) is 1. The summed E-state index contributed by atoms with van der Waals surface area (Å²) in [6, 6.07) is 14.4. The van der Waals surface area contributed by atoms with Crippen LogP contribution in [-0.2, 0) is 14.8 Å². The molecule has 2 saturated carbocycles. The van der Waals surface area contributed by atoms with Crippen molar-refractivity contribution in [2.24, 2.45) is 11.8 Å². The lowest BCUT2D eigenvalue weighted by atomic mass is 9.95. The minimum atomic E-state index is -3.87. The van der Waals surface area contributed by atoms with Crippen molar-refractivity contribution in [3.8, 4) is 0 Å². The third kappa shape index (κ3) is 4.64. The van der Waals surface area contributed by atoms with Gasteiger partial charge in [-0.25, -0.2) is 8.42 Å². The van der Waals surface area contributed by atoms with Gasteiger partial charge in [-0.05, 0) is 73.8 Å². The molecular weight excluding hydrogens is 408 g/mol. The molecule has 0 heterocycles. The minimum Gasteiger partial charge on any atom is -0.352 e. The van der Waals surface area contributed by atoms with Gasteiger partial charge >= 0.3 is 0 Å². The summed E-state index contributed by atoms with van der Waals surface area (Å²) >= 11 is 0. The molecule has 0 aromatic heterocycles. The summed E-state index contributed by atoms with van der Waals surface area (Å²) in [6.07, 6.45) is 4.63. The van der Waals surface area contributed by atoms with Crippen LogP contribution in [0.2, 0.25) is 0 Å². The predicted molar refractivity (Wildman–Crippen MR) is 124 cm³/mol. The van der Waals surface area contributed by atoms with E-state index in [-0.39, 0.29) is 23.4 Å². The van der Waals surface area contributed by atoms with Gasteiger partial charge in [0.25, 0.3) is 10.0 Å². The van der Waals surface area contributed by atoms with Crippen LogP contribution in [-0.4, -0.2) is 26.9 Å². The Hall–Kier alpha value is -2.34.